The van der Waals surface area contributed by atoms with Crippen LogP contribution in [-0.4, -0.2) is 28.9 Å². The number of ether oxygens (including phenoxy) is 1. The summed E-state index contributed by atoms with van der Waals surface area (Å²) in [4.78, 5) is 51.7. The minimum absolute atomic E-state index is 0.0383. The molecule has 0 radical (unpaired) electrons. The fourth-order valence-electron chi connectivity index (χ4n) is 2.59. The average Bonchev–Trinajstić information content (AvgIpc) is 2.99. The zero-order chi connectivity index (χ0) is 19.9. The third kappa shape index (κ3) is 5.16. The third-order valence-electron chi connectivity index (χ3n) is 3.93. The lowest BCUT2D eigenvalue weighted by atomic mass is 10.1. The van der Waals surface area contributed by atoms with Gasteiger partial charge in [-0.1, -0.05) is 42.5 Å². The molecule has 0 bridgehead atoms. The highest BCUT2D eigenvalue weighted by Crippen LogP contribution is 2.15. The summed E-state index contributed by atoms with van der Waals surface area (Å²) in [5, 5.41) is 3.09. The molecular formula is C20H18N2O6. The molecule has 1 aliphatic rings. The fraction of sp³-hybridized carbons (Fsp3) is 0.200. The van der Waals surface area contributed by atoms with E-state index < -0.39 is 23.9 Å². The first-order valence-electron chi connectivity index (χ1n) is 8.64. The van der Waals surface area contributed by atoms with Gasteiger partial charge in [0, 0.05) is 18.5 Å². The number of benzene rings is 2. The van der Waals surface area contributed by atoms with Crippen LogP contribution in [0.2, 0.25) is 0 Å². The van der Waals surface area contributed by atoms with Gasteiger partial charge < -0.3 is 9.57 Å². The summed E-state index contributed by atoms with van der Waals surface area (Å²) >= 11 is 0. The molecular weight excluding hydrogens is 364 g/mol. The second kappa shape index (κ2) is 8.81. The van der Waals surface area contributed by atoms with Crippen molar-refractivity contribution in [1.82, 2.24) is 5.06 Å². The van der Waals surface area contributed by atoms with Crippen LogP contribution >= 0.6 is 0 Å². The Morgan fingerprint density at radius 2 is 1.61 bits per heavy atom. The Kier molecular flexibility index (Phi) is 6.01. The molecule has 1 aliphatic heterocycles. The van der Waals surface area contributed by atoms with Gasteiger partial charge in [-0.15, -0.1) is 5.06 Å². The van der Waals surface area contributed by atoms with Crippen molar-refractivity contribution in [3.63, 3.8) is 0 Å². The van der Waals surface area contributed by atoms with Crippen molar-refractivity contribution in [1.29, 1.82) is 0 Å². The van der Waals surface area contributed by atoms with Gasteiger partial charge in [0.05, 0.1) is 6.42 Å². The van der Waals surface area contributed by atoms with Crippen LogP contribution in [-0.2, 0) is 37.0 Å². The molecule has 0 saturated carbocycles. The molecule has 3 rings (SSSR count). The molecule has 28 heavy (non-hydrogen) atoms. The molecule has 1 fully saturated rings. The van der Waals surface area contributed by atoms with Crippen molar-refractivity contribution in [2.24, 2.45) is 0 Å². The number of hydrogen-bond acceptors (Lipinski definition) is 6. The number of anilines is 1. The predicted molar refractivity (Wildman–Crippen MR) is 97.6 cm³/mol. The number of hydrogen-bond donors (Lipinski definition) is 1. The van der Waals surface area contributed by atoms with Gasteiger partial charge in [-0.25, -0.2) is 9.59 Å². The Morgan fingerprint density at radius 1 is 0.929 bits per heavy atom. The van der Waals surface area contributed by atoms with Gasteiger partial charge in [0.15, 0.2) is 0 Å². The summed E-state index contributed by atoms with van der Waals surface area (Å²) < 4.78 is 5.14. The highest BCUT2D eigenvalue weighted by molar-refractivity contribution is 6.01. The van der Waals surface area contributed by atoms with Crippen molar-refractivity contribution in [2.75, 3.05) is 5.32 Å². The molecule has 144 valence electrons. The normalized spacial score (nSPS) is 13.4. The molecule has 0 unspecified atom stereocenters. The molecule has 8 heteroatoms. The zero-order valence-corrected chi connectivity index (χ0v) is 14.9. The second-order valence-corrected chi connectivity index (χ2v) is 6.11. The molecule has 8 nitrogen and oxygen atoms in total. The van der Waals surface area contributed by atoms with E-state index >= 15 is 0 Å². The number of imide groups is 1. The predicted octanol–water partition coefficient (Wildman–Crippen LogP) is 2.59. The van der Waals surface area contributed by atoms with E-state index in [1.807, 2.05) is 30.3 Å². The summed E-state index contributed by atoms with van der Waals surface area (Å²) in [5.74, 6) is -1.81. The summed E-state index contributed by atoms with van der Waals surface area (Å²) in [7, 11) is 0. The number of hydroxylamine groups is 2. The second-order valence-electron chi connectivity index (χ2n) is 6.11. The Bertz CT molecular complexity index is 881. The number of amides is 3. The minimum Gasteiger partial charge on any atom is -0.444 e. The number of nitrogens with one attached hydrogen (secondary N) is 1. The van der Waals surface area contributed by atoms with Crippen molar-refractivity contribution in [3.8, 4) is 0 Å². The van der Waals surface area contributed by atoms with Gasteiger partial charge in [0.1, 0.15) is 6.61 Å². The Labute approximate surface area is 161 Å². The maximum atomic E-state index is 12.0. The summed E-state index contributed by atoms with van der Waals surface area (Å²) in [6.07, 6.45) is -0.712. The first-order chi connectivity index (χ1) is 13.5. The smallest absolute Gasteiger partial charge is 0.411 e. The van der Waals surface area contributed by atoms with Crippen LogP contribution in [0.1, 0.15) is 24.0 Å². The first-order valence-corrected chi connectivity index (χ1v) is 8.64. The van der Waals surface area contributed by atoms with Crippen LogP contribution in [0.15, 0.2) is 54.6 Å². The van der Waals surface area contributed by atoms with Crippen LogP contribution < -0.4 is 5.32 Å². The third-order valence-corrected chi connectivity index (χ3v) is 3.93. The number of rotatable bonds is 6. The van der Waals surface area contributed by atoms with E-state index in [1.165, 1.54) is 0 Å². The van der Waals surface area contributed by atoms with Crippen molar-refractivity contribution in [2.45, 2.75) is 25.9 Å². The fourth-order valence-corrected chi connectivity index (χ4v) is 2.59. The standard InChI is InChI=1S/C20H18N2O6/c23-17-9-10-18(24)22(17)28-19(25)12-15-7-4-8-16(11-15)21-20(26)27-13-14-5-2-1-3-6-14/h1-8,11H,9-10,12-13H2,(H,21,26). The zero-order valence-electron chi connectivity index (χ0n) is 14.9. The van der Waals surface area contributed by atoms with Crippen LogP contribution in [0.3, 0.4) is 0 Å². The van der Waals surface area contributed by atoms with Crippen LogP contribution in [0, 0.1) is 0 Å². The van der Waals surface area contributed by atoms with E-state index in [4.69, 9.17) is 9.57 Å². The highest BCUT2D eigenvalue weighted by atomic mass is 16.7. The maximum absolute atomic E-state index is 12.0. The highest BCUT2D eigenvalue weighted by Gasteiger charge is 2.32. The number of nitrogens with zero attached hydrogens (tertiary/aromatic N) is 1. The molecule has 0 aliphatic carbocycles. The van der Waals surface area contributed by atoms with Crippen LogP contribution in [0.25, 0.3) is 0 Å². The Balaban J connectivity index is 1.51. The first kappa shape index (κ1) is 19.1. The van der Waals surface area contributed by atoms with Crippen molar-refractivity contribution >= 4 is 29.6 Å². The van der Waals surface area contributed by atoms with E-state index in [9.17, 15) is 19.2 Å². The topological polar surface area (TPSA) is 102 Å². The van der Waals surface area contributed by atoms with E-state index in [0.29, 0.717) is 16.3 Å². The largest absolute Gasteiger partial charge is 0.444 e. The Hall–Kier alpha value is -3.68. The lowest BCUT2D eigenvalue weighted by Crippen LogP contribution is -2.32. The number of carbonyl (C=O) groups is 4. The van der Waals surface area contributed by atoms with Crippen molar-refractivity contribution < 1.29 is 28.8 Å². The summed E-state index contributed by atoms with van der Waals surface area (Å²) in [5.41, 5.74) is 1.85. The maximum Gasteiger partial charge on any atom is 0.411 e. The molecule has 0 aromatic heterocycles. The lowest BCUT2D eigenvalue weighted by Gasteiger charge is -2.13. The van der Waals surface area contributed by atoms with E-state index in [0.717, 1.165) is 5.56 Å². The average molecular weight is 382 g/mol. The lowest BCUT2D eigenvalue weighted by molar-refractivity contribution is -0.197. The molecule has 2 aromatic rings. The van der Waals surface area contributed by atoms with Gasteiger partial charge in [0.2, 0.25) is 0 Å². The summed E-state index contributed by atoms with van der Waals surface area (Å²) in [6, 6.07) is 15.8. The molecule has 1 heterocycles. The molecule has 0 atom stereocenters. The van der Waals surface area contributed by atoms with Crippen molar-refractivity contribution in [3.05, 3.63) is 65.7 Å². The van der Waals surface area contributed by atoms with Gasteiger partial charge >= 0.3 is 12.1 Å². The van der Waals surface area contributed by atoms with E-state index in [-0.39, 0.29) is 25.9 Å². The summed E-state index contributed by atoms with van der Waals surface area (Å²) in [6.45, 7) is 0.135. The molecule has 2 aromatic carbocycles. The quantitative estimate of drug-likeness (QED) is 0.771. The van der Waals surface area contributed by atoms with Crippen LogP contribution in [0.4, 0.5) is 10.5 Å². The molecule has 0 spiro atoms. The minimum atomic E-state index is -0.743. The molecule has 3 amide bonds. The molecule has 1 N–H and O–H groups in total. The molecule has 1 saturated heterocycles. The van der Waals surface area contributed by atoms with Gasteiger partial charge in [-0.2, -0.15) is 0 Å². The van der Waals surface area contributed by atoms with E-state index in [1.54, 1.807) is 24.3 Å². The SMILES string of the molecule is O=C(Cc1cccc(NC(=O)OCc2ccccc2)c1)ON1C(=O)CCC1=O. The van der Waals surface area contributed by atoms with Gasteiger partial charge in [-0.05, 0) is 23.3 Å². The van der Waals surface area contributed by atoms with E-state index in [2.05, 4.69) is 5.32 Å². The monoisotopic (exact) mass is 382 g/mol. The Morgan fingerprint density at radius 3 is 2.32 bits per heavy atom. The van der Waals surface area contributed by atoms with Gasteiger partial charge in [-0.3, -0.25) is 14.9 Å². The van der Waals surface area contributed by atoms with Crippen LogP contribution in [0.5, 0.6) is 0 Å². The number of carbonyl (C=O) groups excluding carboxylic acids is 4. The van der Waals surface area contributed by atoms with Gasteiger partial charge in [0.25, 0.3) is 11.8 Å².